The Morgan fingerprint density at radius 3 is 1.40 bits per heavy atom. The summed E-state index contributed by atoms with van der Waals surface area (Å²) in [6.07, 6.45) is 0.792. The largest absolute Gasteiger partial charge is 0.304 e. The van der Waals surface area contributed by atoms with Gasteiger partial charge in [-0.15, -0.1) is 0 Å². The third-order valence-corrected chi connectivity index (χ3v) is 5.99. The predicted octanol–water partition coefficient (Wildman–Crippen LogP) is 4.81. The standard InChI is InChI=1S/C17H22O6S2/c1-12(14-3-7-16(8-4-14)24(18,19)20)11-13(2)15-5-9-17(10-6-15)25(21,22)23/h3-10,12-13,18-20H,11H2,1-2H3,(H,21,22,23). The molecule has 0 aliphatic carbocycles. The van der Waals surface area contributed by atoms with Gasteiger partial charge in [0, 0.05) is 0 Å². The zero-order valence-corrected chi connectivity index (χ0v) is 15.5. The number of hydrogen-bond donors (Lipinski definition) is 4. The molecule has 25 heavy (non-hydrogen) atoms. The zero-order chi connectivity index (χ0) is 18.8. The minimum Gasteiger partial charge on any atom is -0.304 e. The van der Waals surface area contributed by atoms with E-state index in [1.165, 1.54) is 24.3 Å². The summed E-state index contributed by atoms with van der Waals surface area (Å²) in [5, 5.41) is 0. The van der Waals surface area contributed by atoms with Crippen molar-refractivity contribution in [1.29, 1.82) is 0 Å². The van der Waals surface area contributed by atoms with E-state index in [-0.39, 0.29) is 21.6 Å². The summed E-state index contributed by atoms with van der Waals surface area (Å²) >= 11 is 0. The topological polar surface area (TPSA) is 115 Å². The van der Waals surface area contributed by atoms with Crippen LogP contribution in [-0.2, 0) is 10.1 Å². The zero-order valence-electron chi connectivity index (χ0n) is 13.9. The van der Waals surface area contributed by atoms with Crippen LogP contribution in [0.4, 0.5) is 0 Å². The molecule has 0 aliphatic heterocycles. The Balaban J connectivity index is 2.08. The molecule has 2 aromatic rings. The van der Waals surface area contributed by atoms with E-state index in [9.17, 15) is 22.1 Å². The molecular weight excluding hydrogens is 364 g/mol. The smallest absolute Gasteiger partial charge is 0.294 e. The van der Waals surface area contributed by atoms with Gasteiger partial charge in [0.1, 0.15) is 10.9 Å². The highest BCUT2D eigenvalue weighted by atomic mass is 32.3. The van der Waals surface area contributed by atoms with E-state index < -0.39 is 21.0 Å². The molecule has 0 heterocycles. The maximum atomic E-state index is 11.1. The number of rotatable bonds is 6. The Morgan fingerprint density at radius 1 is 0.720 bits per heavy atom. The molecule has 2 unspecified atom stereocenters. The summed E-state index contributed by atoms with van der Waals surface area (Å²) in [6, 6.07) is 12.6. The van der Waals surface area contributed by atoms with E-state index in [1.807, 2.05) is 13.8 Å². The molecule has 8 heteroatoms. The first-order chi connectivity index (χ1) is 11.5. The normalized spacial score (nSPS) is 15.6. The second-order valence-corrected chi connectivity index (χ2v) is 9.10. The van der Waals surface area contributed by atoms with Gasteiger partial charge in [-0.1, -0.05) is 38.1 Å². The van der Waals surface area contributed by atoms with Crippen LogP contribution in [0.15, 0.2) is 58.3 Å². The van der Waals surface area contributed by atoms with Gasteiger partial charge in [0.25, 0.3) is 10.1 Å². The summed E-state index contributed by atoms with van der Waals surface area (Å²) < 4.78 is 58.8. The number of hydrogen-bond acceptors (Lipinski definition) is 5. The molecule has 0 bridgehead atoms. The fourth-order valence-corrected chi connectivity index (χ4v) is 3.73. The average molecular weight is 386 g/mol. The molecule has 0 saturated heterocycles. The SMILES string of the molecule is CC(CC(C)c1ccc(S(=O)(=O)O)cc1)c1ccc(S(O)(O)O)cc1. The Labute approximate surface area is 149 Å². The van der Waals surface area contributed by atoms with Gasteiger partial charge in [-0.2, -0.15) is 8.42 Å². The van der Waals surface area contributed by atoms with Crippen LogP contribution in [0.3, 0.4) is 0 Å². The van der Waals surface area contributed by atoms with Crippen LogP contribution in [0.25, 0.3) is 0 Å². The lowest BCUT2D eigenvalue weighted by Gasteiger charge is -2.21. The quantitative estimate of drug-likeness (QED) is 0.529. The molecular formula is C17H22O6S2. The molecule has 2 rings (SSSR count). The van der Waals surface area contributed by atoms with Crippen molar-refractivity contribution in [1.82, 2.24) is 0 Å². The van der Waals surface area contributed by atoms with Crippen LogP contribution < -0.4 is 0 Å². The maximum Gasteiger partial charge on any atom is 0.294 e. The van der Waals surface area contributed by atoms with E-state index >= 15 is 0 Å². The van der Waals surface area contributed by atoms with Crippen molar-refractivity contribution < 1.29 is 26.6 Å². The molecule has 0 radical (unpaired) electrons. The van der Waals surface area contributed by atoms with E-state index in [0.717, 1.165) is 17.5 Å². The van der Waals surface area contributed by atoms with Crippen molar-refractivity contribution in [3.63, 3.8) is 0 Å². The first-order valence-corrected chi connectivity index (χ1v) is 10.6. The molecule has 6 nitrogen and oxygen atoms in total. The molecule has 4 N–H and O–H groups in total. The minimum absolute atomic E-state index is 0.0808. The molecule has 0 spiro atoms. The van der Waals surface area contributed by atoms with Crippen molar-refractivity contribution in [2.24, 2.45) is 0 Å². The highest BCUT2D eigenvalue weighted by molar-refractivity contribution is 8.19. The van der Waals surface area contributed by atoms with Gasteiger partial charge in [0.2, 0.25) is 0 Å². The molecule has 0 aliphatic rings. The van der Waals surface area contributed by atoms with Crippen LogP contribution in [0.5, 0.6) is 0 Å². The molecule has 0 saturated carbocycles. The van der Waals surface area contributed by atoms with Crippen LogP contribution in [0, 0.1) is 0 Å². The van der Waals surface area contributed by atoms with Crippen molar-refractivity contribution in [3.05, 3.63) is 59.7 Å². The van der Waals surface area contributed by atoms with E-state index in [0.29, 0.717) is 0 Å². The van der Waals surface area contributed by atoms with E-state index in [1.54, 1.807) is 24.3 Å². The molecule has 0 amide bonds. The Morgan fingerprint density at radius 2 is 1.08 bits per heavy atom. The lowest BCUT2D eigenvalue weighted by Crippen LogP contribution is -2.03. The minimum atomic E-state index is -4.19. The molecule has 2 aromatic carbocycles. The second kappa shape index (κ2) is 7.45. The summed E-state index contributed by atoms with van der Waals surface area (Å²) in [7, 11) is -7.88. The third kappa shape index (κ3) is 5.27. The highest BCUT2D eigenvalue weighted by Crippen LogP contribution is 2.43. The maximum absolute atomic E-state index is 11.1. The van der Waals surface area contributed by atoms with Crippen molar-refractivity contribution in [3.8, 4) is 0 Å². The van der Waals surface area contributed by atoms with Gasteiger partial charge >= 0.3 is 0 Å². The molecule has 0 fully saturated rings. The highest BCUT2D eigenvalue weighted by Gasteiger charge is 2.17. The van der Waals surface area contributed by atoms with Gasteiger partial charge in [0.15, 0.2) is 0 Å². The first kappa shape index (κ1) is 19.9. The van der Waals surface area contributed by atoms with Gasteiger partial charge in [-0.05, 0) is 53.6 Å². The van der Waals surface area contributed by atoms with Crippen LogP contribution >= 0.6 is 10.9 Å². The van der Waals surface area contributed by atoms with Gasteiger partial charge in [-0.25, -0.2) is 0 Å². The second-order valence-electron chi connectivity index (χ2n) is 6.17. The van der Waals surface area contributed by atoms with Crippen LogP contribution in [0.1, 0.15) is 43.2 Å². The molecule has 0 aromatic heterocycles. The first-order valence-electron chi connectivity index (χ1n) is 7.66. The summed E-state index contributed by atoms with van der Waals surface area (Å²) in [5.74, 6) is 0.328. The molecule has 138 valence electrons. The summed E-state index contributed by atoms with van der Waals surface area (Å²) in [4.78, 5) is -0.0487. The monoisotopic (exact) mass is 386 g/mol. The third-order valence-electron chi connectivity index (χ3n) is 4.22. The molecule has 2 atom stereocenters. The van der Waals surface area contributed by atoms with Crippen molar-refractivity contribution >= 4 is 21.0 Å². The number of benzene rings is 2. The Hall–Kier alpha value is -1.42. The fourth-order valence-electron chi connectivity index (χ4n) is 2.75. The van der Waals surface area contributed by atoms with E-state index in [4.69, 9.17) is 4.55 Å². The van der Waals surface area contributed by atoms with Crippen molar-refractivity contribution in [2.45, 2.75) is 41.9 Å². The summed E-state index contributed by atoms with van der Waals surface area (Å²) in [5.41, 5.74) is 1.95. The Bertz CT molecular complexity index is 808. The van der Waals surface area contributed by atoms with Crippen LogP contribution in [0.2, 0.25) is 0 Å². The average Bonchev–Trinajstić information content (AvgIpc) is 2.53. The lowest BCUT2D eigenvalue weighted by atomic mass is 9.87. The summed E-state index contributed by atoms with van der Waals surface area (Å²) in [6.45, 7) is 4.06. The van der Waals surface area contributed by atoms with Gasteiger partial charge < -0.3 is 13.7 Å². The lowest BCUT2D eigenvalue weighted by molar-refractivity contribution is 0.376. The van der Waals surface area contributed by atoms with Gasteiger partial charge in [-0.3, -0.25) is 4.55 Å². The van der Waals surface area contributed by atoms with Gasteiger partial charge in [0.05, 0.1) is 9.79 Å². The van der Waals surface area contributed by atoms with Crippen LogP contribution in [-0.4, -0.2) is 26.6 Å². The predicted molar refractivity (Wildman–Crippen MR) is 97.9 cm³/mol. The Kier molecular flexibility index (Phi) is 5.93. The fraction of sp³-hybridized carbons (Fsp3) is 0.294. The van der Waals surface area contributed by atoms with Crippen molar-refractivity contribution in [2.75, 3.05) is 0 Å². The van der Waals surface area contributed by atoms with E-state index in [2.05, 4.69) is 0 Å².